The van der Waals surface area contributed by atoms with Crippen LogP contribution in [-0.2, 0) is 14.3 Å². The van der Waals surface area contributed by atoms with Gasteiger partial charge in [0.2, 0.25) is 0 Å². The van der Waals surface area contributed by atoms with Gasteiger partial charge in [0.15, 0.2) is 0 Å². The second kappa shape index (κ2) is 5.32. The molecule has 0 aromatic rings. The minimum absolute atomic E-state index is 0.209. The Bertz CT molecular complexity index is 186. The van der Waals surface area contributed by atoms with Crippen molar-refractivity contribution < 1.29 is 14.3 Å². The average molecular weight is 201 g/mol. The maximum atomic E-state index is 10.5. The number of hydrogen-bond acceptors (Lipinski definition) is 4. The van der Waals surface area contributed by atoms with E-state index in [1.807, 2.05) is 0 Å². The van der Waals surface area contributed by atoms with Crippen molar-refractivity contribution in [1.29, 1.82) is 0 Å². The maximum Gasteiger partial charge on any atom is 0.302 e. The Kier molecular flexibility index (Phi) is 4.35. The first-order valence-corrected chi connectivity index (χ1v) is 5.09. The fourth-order valence-electron chi connectivity index (χ4n) is 1.79. The van der Waals surface area contributed by atoms with Crippen molar-refractivity contribution in [2.24, 2.45) is 0 Å². The Morgan fingerprint density at radius 2 is 2.00 bits per heavy atom. The van der Waals surface area contributed by atoms with Crippen molar-refractivity contribution in [3.63, 3.8) is 0 Å². The first kappa shape index (κ1) is 11.5. The molecule has 0 spiro atoms. The van der Waals surface area contributed by atoms with Crippen LogP contribution in [-0.4, -0.2) is 49.3 Å². The van der Waals surface area contributed by atoms with Crippen LogP contribution < -0.4 is 0 Å². The van der Waals surface area contributed by atoms with Crippen LogP contribution in [0.25, 0.3) is 0 Å². The topological polar surface area (TPSA) is 38.8 Å². The minimum atomic E-state index is -0.209. The van der Waals surface area contributed by atoms with Crippen LogP contribution in [0.5, 0.6) is 0 Å². The average Bonchev–Trinajstić information content (AvgIpc) is 2.01. The van der Waals surface area contributed by atoms with E-state index in [4.69, 9.17) is 9.47 Å². The summed E-state index contributed by atoms with van der Waals surface area (Å²) in [6.07, 6.45) is 0.548. The van der Waals surface area contributed by atoms with E-state index >= 15 is 0 Å². The van der Waals surface area contributed by atoms with E-state index in [-0.39, 0.29) is 18.2 Å². The number of morpholine rings is 1. The Morgan fingerprint density at radius 1 is 1.43 bits per heavy atom. The van der Waals surface area contributed by atoms with Crippen LogP contribution in [0.4, 0.5) is 0 Å². The number of carbonyl (C=O) groups excluding carboxylic acids is 1. The lowest BCUT2D eigenvalue weighted by molar-refractivity contribution is -0.142. The predicted octanol–water partition coefficient (Wildman–Crippen LogP) is 0.659. The first-order chi connectivity index (χ1) is 6.58. The molecule has 0 aromatic carbocycles. The van der Waals surface area contributed by atoms with Gasteiger partial charge in [-0.25, -0.2) is 0 Å². The molecule has 1 aliphatic heterocycles. The summed E-state index contributed by atoms with van der Waals surface area (Å²) in [5, 5.41) is 0. The largest absolute Gasteiger partial charge is 0.465 e. The van der Waals surface area contributed by atoms with Gasteiger partial charge in [-0.2, -0.15) is 0 Å². The fraction of sp³-hybridized carbons (Fsp3) is 0.900. The van der Waals surface area contributed by atoms with E-state index in [1.165, 1.54) is 6.92 Å². The van der Waals surface area contributed by atoms with Gasteiger partial charge in [-0.05, 0) is 13.8 Å². The monoisotopic (exact) mass is 201 g/mol. The Hall–Kier alpha value is -0.610. The Balaban J connectivity index is 2.20. The zero-order valence-corrected chi connectivity index (χ0v) is 9.16. The van der Waals surface area contributed by atoms with Gasteiger partial charge < -0.3 is 9.47 Å². The molecular formula is C10H19NO3. The summed E-state index contributed by atoms with van der Waals surface area (Å²) in [4.78, 5) is 12.8. The zero-order valence-electron chi connectivity index (χ0n) is 9.16. The van der Waals surface area contributed by atoms with Gasteiger partial charge in [0, 0.05) is 26.6 Å². The molecule has 0 N–H and O–H groups in total. The third-order valence-corrected chi connectivity index (χ3v) is 2.21. The zero-order chi connectivity index (χ0) is 10.6. The lowest BCUT2D eigenvalue weighted by Gasteiger charge is -2.34. The normalized spacial score (nSPS) is 28.8. The lowest BCUT2D eigenvalue weighted by Crippen LogP contribution is -2.46. The fourth-order valence-corrected chi connectivity index (χ4v) is 1.79. The molecule has 0 amide bonds. The van der Waals surface area contributed by atoms with Gasteiger partial charge in [-0.15, -0.1) is 0 Å². The standard InChI is InChI=1S/C10H19NO3/c1-8-6-11(7-9(2)14-8)4-5-13-10(3)12/h8-9H,4-7H2,1-3H3. The predicted molar refractivity (Wildman–Crippen MR) is 53.1 cm³/mol. The smallest absolute Gasteiger partial charge is 0.302 e. The molecule has 1 aliphatic rings. The highest BCUT2D eigenvalue weighted by atomic mass is 16.5. The molecule has 14 heavy (non-hydrogen) atoms. The molecule has 0 bridgehead atoms. The summed E-state index contributed by atoms with van der Waals surface area (Å²) >= 11 is 0. The molecule has 0 aromatic heterocycles. The molecule has 4 nitrogen and oxygen atoms in total. The van der Waals surface area contributed by atoms with Crippen LogP contribution in [0.3, 0.4) is 0 Å². The molecule has 1 fully saturated rings. The quantitative estimate of drug-likeness (QED) is 0.629. The molecule has 1 heterocycles. The molecular weight excluding hydrogens is 182 g/mol. The van der Waals surface area contributed by atoms with Crippen molar-refractivity contribution in [2.45, 2.75) is 33.0 Å². The van der Waals surface area contributed by atoms with Crippen LogP contribution in [0.2, 0.25) is 0 Å². The maximum absolute atomic E-state index is 10.5. The van der Waals surface area contributed by atoms with E-state index in [0.717, 1.165) is 19.6 Å². The lowest BCUT2D eigenvalue weighted by atomic mass is 10.2. The highest BCUT2D eigenvalue weighted by molar-refractivity contribution is 5.65. The van der Waals surface area contributed by atoms with E-state index in [9.17, 15) is 4.79 Å². The van der Waals surface area contributed by atoms with Crippen LogP contribution in [0.15, 0.2) is 0 Å². The summed E-state index contributed by atoms with van der Waals surface area (Å²) in [5.41, 5.74) is 0. The molecule has 2 unspecified atom stereocenters. The van der Waals surface area contributed by atoms with Crippen molar-refractivity contribution in [1.82, 2.24) is 4.90 Å². The number of nitrogens with zero attached hydrogens (tertiary/aromatic N) is 1. The highest BCUT2D eigenvalue weighted by Crippen LogP contribution is 2.09. The van der Waals surface area contributed by atoms with Gasteiger partial charge in [0.25, 0.3) is 0 Å². The van der Waals surface area contributed by atoms with Crippen molar-refractivity contribution >= 4 is 5.97 Å². The van der Waals surface area contributed by atoms with Gasteiger partial charge in [-0.1, -0.05) is 0 Å². The molecule has 0 saturated carbocycles. The van der Waals surface area contributed by atoms with Gasteiger partial charge in [0.05, 0.1) is 12.2 Å². The summed E-state index contributed by atoms with van der Waals surface area (Å²) in [5.74, 6) is -0.209. The second-order valence-electron chi connectivity index (χ2n) is 3.86. The van der Waals surface area contributed by atoms with E-state index in [1.54, 1.807) is 0 Å². The third-order valence-electron chi connectivity index (χ3n) is 2.21. The number of hydrogen-bond donors (Lipinski definition) is 0. The van der Waals surface area contributed by atoms with Crippen molar-refractivity contribution in [2.75, 3.05) is 26.2 Å². The number of esters is 1. The number of carbonyl (C=O) groups is 1. The molecule has 4 heteroatoms. The highest BCUT2D eigenvalue weighted by Gasteiger charge is 2.21. The first-order valence-electron chi connectivity index (χ1n) is 5.09. The van der Waals surface area contributed by atoms with Gasteiger partial charge in [0.1, 0.15) is 6.61 Å². The van der Waals surface area contributed by atoms with Gasteiger partial charge >= 0.3 is 5.97 Å². The summed E-state index contributed by atoms with van der Waals surface area (Å²) in [6.45, 7) is 8.69. The van der Waals surface area contributed by atoms with E-state index < -0.39 is 0 Å². The summed E-state index contributed by atoms with van der Waals surface area (Å²) in [6, 6.07) is 0. The summed E-state index contributed by atoms with van der Waals surface area (Å²) < 4.78 is 10.5. The Morgan fingerprint density at radius 3 is 2.50 bits per heavy atom. The SMILES string of the molecule is CC(=O)OCCN1CC(C)OC(C)C1. The van der Waals surface area contributed by atoms with Gasteiger partial charge in [-0.3, -0.25) is 9.69 Å². The molecule has 0 aliphatic carbocycles. The molecule has 1 saturated heterocycles. The van der Waals surface area contributed by atoms with E-state index in [0.29, 0.717) is 6.61 Å². The Labute approximate surface area is 85.2 Å². The van der Waals surface area contributed by atoms with Crippen LogP contribution >= 0.6 is 0 Å². The molecule has 0 radical (unpaired) electrons. The molecule has 1 rings (SSSR count). The third kappa shape index (κ3) is 4.07. The van der Waals surface area contributed by atoms with Crippen molar-refractivity contribution in [3.8, 4) is 0 Å². The minimum Gasteiger partial charge on any atom is -0.465 e. The number of rotatable bonds is 3. The van der Waals surface area contributed by atoms with Crippen LogP contribution in [0.1, 0.15) is 20.8 Å². The van der Waals surface area contributed by atoms with Crippen LogP contribution in [0, 0.1) is 0 Å². The van der Waals surface area contributed by atoms with Crippen molar-refractivity contribution in [3.05, 3.63) is 0 Å². The molecule has 2 atom stereocenters. The number of ether oxygens (including phenoxy) is 2. The molecule has 82 valence electrons. The van der Waals surface area contributed by atoms with E-state index in [2.05, 4.69) is 18.7 Å². The second-order valence-corrected chi connectivity index (χ2v) is 3.86. The summed E-state index contributed by atoms with van der Waals surface area (Å²) in [7, 11) is 0.